The fourth-order valence-corrected chi connectivity index (χ4v) is 1.53. The zero-order valence-electron chi connectivity index (χ0n) is 9.97. The third kappa shape index (κ3) is 3.08. The van der Waals surface area contributed by atoms with Crippen molar-refractivity contribution in [3.05, 3.63) is 0 Å². The number of hydrogen-bond donors (Lipinski definition) is 0. The van der Waals surface area contributed by atoms with Gasteiger partial charge in [0.15, 0.2) is 0 Å². The fourth-order valence-electron chi connectivity index (χ4n) is 1.53. The van der Waals surface area contributed by atoms with E-state index in [-0.39, 0.29) is 13.0 Å². The highest BCUT2D eigenvalue weighted by molar-refractivity contribution is 5.82. The minimum absolute atomic E-state index is 0.0212. The zero-order valence-corrected chi connectivity index (χ0v) is 9.97. The molecule has 1 unspecified atom stereocenters. The summed E-state index contributed by atoms with van der Waals surface area (Å²) in [5, 5.41) is 0. The lowest BCUT2D eigenvalue weighted by Gasteiger charge is -2.18. The second-order valence-corrected chi connectivity index (χ2v) is 3.64. The Hall–Kier alpha value is -1.79. The number of carbonyl (C=O) groups excluding carboxylic acids is 3. The summed E-state index contributed by atoms with van der Waals surface area (Å²) in [5.74, 6) is -0.990. The SMILES string of the molecule is COC(=O)CC1CN([C@@H](C)C(=O)OC)C(=O)O1. The summed E-state index contributed by atoms with van der Waals surface area (Å²) in [5.41, 5.74) is 0. The van der Waals surface area contributed by atoms with Crippen LogP contribution >= 0.6 is 0 Å². The average molecular weight is 245 g/mol. The van der Waals surface area contributed by atoms with Gasteiger partial charge < -0.3 is 14.2 Å². The third-order valence-electron chi connectivity index (χ3n) is 2.53. The first-order chi connectivity index (χ1) is 7.99. The van der Waals surface area contributed by atoms with Crippen LogP contribution in [-0.2, 0) is 23.8 Å². The van der Waals surface area contributed by atoms with E-state index in [1.165, 1.54) is 26.0 Å². The first-order valence-corrected chi connectivity index (χ1v) is 5.11. The number of ether oxygens (including phenoxy) is 3. The van der Waals surface area contributed by atoms with Gasteiger partial charge in [0, 0.05) is 0 Å². The highest BCUT2D eigenvalue weighted by Crippen LogP contribution is 2.17. The molecule has 1 heterocycles. The summed E-state index contributed by atoms with van der Waals surface area (Å²) in [4.78, 5) is 35.0. The third-order valence-corrected chi connectivity index (χ3v) is 2.53. The van der Waals surface area contributed by atoms with Crippen LogP contribution in [0.4, 0.5) is 4.79 Å². The molecule has 1 aliphatic rings. The number of carbonyl (C=O) groups is 3. The van der Waals surface area contributed by atoms with Crippen molar-refractivity contribution in [1.29, 1.82) is 0 Å². The minimum atomic E-state index is -0.727. The maximum absolute atomic E-state index is 11.5. The molecule has 7 heteroatoms. The maximum atomic E-state index is 11.5. The van der Waals surface area contributed by atoms with Crippen LogP contribution in [-0.4, -0.2) is 55.8 Å². The highest BCUT2D eigenvalue weighted by atomic mass is 16.6. The lowest BCUT2D eigenvalue weighted by molar-refractivity contribution is -0.145. The second-order valence-electron chi connectivity index (χ2n) is 3.64. The van der Waals surface area contributed by atoms with E-state index in [1.54, 1.807) is 0 Å². The molecule has 0 aliphatic carbocycles. The van der Waals surface area contributed by atoms with Gasteiger partial charge >= 0.3 is 18.0 Å². The minimum Gasteiger partial charge on any atom is -0.469 e. The van der Waals surface area contributed by atoms with Crippen molar-refractivity contribution < 1.29 is 28.6 Å². The molecule has 0 aromatic rings. The van der Waals surface area contributed by atoms with Crippen LogP contribution in [0.15, 0.2) is 0 Å². The van der Waals surface area contributed by atoms with Crippen LogP contribution < -0.4 is 0 Å². The summed E-state index contributed by atoms with van der Waals surface area (Å²) < 4.78 is 13.9. The van der Waals surface area contributed by atoms with E-state index < -0.39 is 30.2 Å². The van der Waals surface area contributed by atoms with Crippen molar-refractivity contribution in [3.63, 3.8) is 0 Å². The molecule has 0 aromatic carbocycles. The van der Waals surface area contributed by atoms with Crippen LogP contribution in [0.3, 0.4) is 0 Å². The van der Waals surface area contributed by atoms with E-state index in [0.717, 1.165) is 0 Å². The molecule has 1 saturated heterocycles. The molecule has 1 aliphatic heterocycles. The van der Waals surface area contributed by atoms with Crippen molar-refractivity contribution in [2.24, 2.45) is 0 Å². The van der Waals surface area contributed by atoms with Gasteiger partial charge in [0.25, 0.3) is 0 Å². The predicted molar refractivity (Wildman–Crippen MR) is 55.1 cm³/mol. The smallest absolute Gasteiger partial charge is 0.410 e. The number of nitrogens with zero attached hydrogens (tertiary/aromatic N) is 1. The lowest BCUT2D eigenvalue weighted by Crippen LogP contribution is -2.40. The zero-order chi connectivity index (χ0) is 13.0. The molecule has 0 spiro atoms. The molecule has 1 rings (SSSR count). The number of methoxy groups -OCH3 is 2. The molecule has 0 aromatic heterocycles. The van der Waals surface area contributed by atoms with Gasteiger partial charge in [-0.05, 0) is 6.92 Å². The van der Waals surface area contributed by atoms with E-state index in [1.807, 2.05) is 0 Å². The molecular weight excluding hydrogens is 230 g/mol. The quantitative estimate of drug-likeness (QED) is 0.509. The molecule has 7 nitrogen and oxygen atoms in total. The van der Waals surface area contributed by atoms with Gasteiger partial charge in [-0.25, -0.2) is 9.59 Å². The van der Waals surface area contributed by atoms with E-state index in [2.05, 4.69) is 9.47 Å². The van der Waals surface area contributed by atoms with Crippen molar-refractivity contribution in [1.82, 2.24) is 4.90 Å². The van der Waals surface area contributed by atoms with Gasteiger partial charge in [-0.2, -0.15) is 0 Å². The average Bonchev–Trinajstić information content (AvgIpc) is 2.67. The number of esters is 2. The number of cyclic esters (lactones) is 1. The van der Waals surface area contributed by atoms with E-state index in [0.29, 0.717) is 0 Å². The van der Waals surface area contributed by atoms with Crippen LogP contribution in [0.1, 0.15) is 13.3 Å². The Morgan fingerprint density at radius 3 is 2.65 bits per heavy atom. The molecule has 0 radical (unpaired) electrons. The Bertz CT molecular complexity index is 329. The normalized spacial score (nSPS) is 20.8. The van der Waals surface area contributed by atoms with Crippen molar-refractivity contribution in [2.75, 3.05) is 20.8 Å². The summed E-state index contributed by atoms with van der Waals surface area (Å²) in [6, 6.07) is -0.727. The summed E-state index contributed by atoms with van der Waals surface area (Å²) >= 11 is 0. The Morgan fingerprint density at radius 1 is 1.47 bits per heavy atom. The molecule has 0 N–H and O–H groups in total. The molecule has 0 bridgehead atoms. The van der Waals surface area contributed by atoms with Crippen LogP contribution in [0, 0.1) is 0 Å². The van der Waals surface area contributed by atoms with Crippen molar-refractivity contribution in [2.45, 2.75) is 25.5 Å². The summed E-state index contributed by atoms with van der Waals surface area (Å²) in [6.07, 6.45) is -1.23. The van der Waals surface area contributed by atoms with Gasteiger partial charge in [0.05, 0.1) is 27.2 Å². The predicted octanol–water partition coefficient (Wildman–Crippen LogP) is -0.0682. The standard InChI is InChI=1S/C10H15NO6/c1-6(9(13)16-3)11-5-7(17-10(11)14)4-8(12)15-2/h6-7H,4-5H2,1-3H3/t6-,7?/m0/s1. The first kappa shape index (κ1) is 13.3. The largest absolute Gasteiger partial charge is 0.469 e. The topological polar surface area (TPSA) is 82.1 Å². The fraction of sp³-hybridized carbons (Fsp3) is 0.700. The van der Waals surface area contributed by atoms with Crippen molar-refractivity contribution in [3.8, 4) is 0 Å². The monoisotopic (exact) mass is 245 g/mol. The lowest BCUT2D eigenvalue weighted by atomic mass is 10.2. The molecule has 96 valence electrons. The molecule has 1 fully saturated rings. The number of rotatable bonds is 4. The second kappa shape index (κ2) is 5.51. The number of hydrogen-bond acceptors (Lipinski definition) is 6. The highest BCUT2D eigenvalue weighted by Gasteiger charge is 2.38. The maximum Gasteiger partial charge on any atom is 0.410 e. The van der Waals surface area contributed by atoms with Gasteiger partial charge in [-0.3, -0.25) is 9.69 Å². The summed E-state index contributed by atoms with van der Waals surface area (Å²) in [7, 11) is 2.50. The molecule has 17 heavy (non-hydrogen) atoms. The van der Waals surface area contributed by atoms with Crippen molar-refractivity contribution >= 4 is 18.0 Å². The van der Waals surface area contributed by atoms with Gasteiger partial charge in [0.1, 0.15) is 12.1 Å². The Kier molecular flexibility index (Phi) is 4.30. The van der Waals surface area contributed by atoms with E-state index >= 15 is 0 Å². The number of amides is 1. The Morgan fingerprint density at radius 2 is 2.12 bits per heavy atom. The van der Waals surface area contributed by atoms with Crippen LogP contribution in [0.2, 0.25) is 0 Å². The first-order valence-electron chi connectivity index (χ1n) is 5.11. The molecule has 0 saturated carbocycles. The molecular formula is C10H15NO6. The van der Waals surface area contributed by atoms with Gasteiger partial charge in [-0.15, -0.1) is 0 Å². The Balaban J connectivity index is 2.58. The summed E-state index contributed by atoms with van der Waals surface area (Å²) in [6.45, 7) is 1.71. The van der Waals surface area contributed by atoms with E-state index in [4.69, 9.17) is 4.74 Å². The molecule has 1 amide bonds. The van der Waals surface area contributed by atoms with Gasteiger partial charge in [-0.1, -0.05) is 0 Å². The van der Waals surface area contributed by atoms with Crippen LogP contribution in [0.25, 0.3) is 0 Å². The van der Waals surface area contributed by atoms with Gasteiger partial charge in [0.2, 0.25) is 0 Å². The van der Waals surface area contributed by atoms with Crippen LogP contribution in [0.5, 0.6) is 0 Å². The Labute approximate surface area is 98.6 Å². The molecule has 2 atom stereocenters. The van der Waals surface area contributed by atoms with E-state index in [9.17, 15) is 14.4 Å².